The number of halogens is 1. The van der Waals surface area contributed by atoms with E-state index in [0.717, 1.165) is 18.8 Å². The number of ether oxygens (including phenoxy) is 2. The SMILES string of the molecule is COC(=O)C1=C(CN2CCOCC2)NC(c2ccc(C)nn2)=NC1(C)c1ccc(F)cc1. The fourth-order valence-electron chi connectivity index (χ4n) is 3.96. The average Bonchev–Trinajstić information content (AvgIpc) is 2.80. The molecule has 1 aromatic carbocycles. The quantitative estimate of drug-likeness (QED) is 0.713. The average molecular weight is 439 g/mol. The van der Waals surface area contributed by atoms with Gasteiger partial charge in [-0.3, -0.25) is 4.90 Å². The molecular formula is C23H26FN5O3. The van der Waals surface area contributed by atoms with Crippen LogP contribution in [-0.4, -0.2) is 66.9 Å². The molecule has 0 aliphatic carbocycles. The second-order valence-electron chi connectivity index (χ2n) is 7.96. The van der Waals surface area contributed by atoms with Crippen LogP contribution in [0.2, 0.25) is 0 Å². The summed E-state index contributed by atoms with van der Waals surface area (Å²) in [4.78, 5) is 20.1. The van der Waals surface area contributed by atoms with Gasteiger partial charge in [-0.15, -0.1) is 5.10 Å². The Kier molecular flexibility index (Phi) is 6.29. The van der Waals surface area contributed by atoms with Crippen molar-refractivity contribution < 1.29 is 18.7 Å². The van der Waals surface area contributed by atoms with Crippen molar-refractivity contribution in [3.05, 3.63) is 70.4 Å². The molecule has 1 unspecified atom stereocenters. The summed E-state index contributed by atoms with van der Waals surface area (Å²) < 4.78 is 24.3. The van der Waals surface area contributed by atoms with Gasteiger partial charge < -0.3 is 14.8 Å². The predicted molar refractivity (Wildman–Crippen MR) is 116 cm³/mol. The lowest BCUT2D eigenvalue weighted by atomic mass is 9.82. The van der Waals surface area contributed by atoms with Gasteiger partial charge in [0.25, 0.3) is 0 Å². The van der Waals surface area contributed by atoms with Crippen molar-refractivity contribution in [3.63, 3.8) is 0 Å². The summed E-state index contributed by atoms with van der Waals surface area (Å²) in [5.74, 6) is -0.373. The second kappa shape index (κ2) is 9.13. The molecule has 8 nitrogen and oxygen atoms in total. The third-order valence-electron chi connectivity index (χ3n) is 5.72. The lowest BCUT2D eigenvalue weighted by Crippen LogP contribution is -2.47. The number of hydrogen-bond donors (Lipinski definition) is 1. The summed E-state index contributed by atoms with van der Waals surface area (Å²) in [6.07, 6.45) is 0. The molecule has 1 saturated heterocycles. The maximum atomic E-state index is 13.7. The van der Waals surface area contributed by atoms with Gasteiger partial charge in [0.05, 0.1) is 31.6 Å². The second-order valence-corrected chi connectivity index (χ2v) is 7.96. The Morgan fingerprint density at radius 3 is 2.53 bits per heavy atom. The zero-order valence-electron chi connectivity index (χ0n) is 18.4. The molecule has 3 heterocycles. The van der Waals surface area contributed by atoms with Crippen LogP contribution in [0.25, 0.3) is 0 Å². The normalized spacial score (nSPS) is 21.7. The molecule has 1 N–H and O–H groups in total. The zero-order chi connectivity index (χ0) is 22.7. The molecule has 1 aromatic heterocycles. The molecule has 0 radical (unpaired) electrons. The smallest absolute Gasteiger partial charge is 0.338 e. The van der Waals surface area contributed by atoms with Gasteiger partial charge >= 0.3 is 5.97 Å². The van der Waals surface area contributed by atoms with Crippen LogP contribution in [0.4, 0.5) is 4.39 Å². The van der Waals surface area contributed by atoms with E-state index < -0.39 is 11.5 Å². The number of nitrogens with zero attached hydrogens (tertiary/aromatic N) is 4. The molecule has 9 heteroatoms. The summed E-state index contributed by atoms with van der Waals surface area (Å²) in [7, 11) is 1.34. The molecule has 0 bridgehead atoms. The maximum Gasteiger partial charge on any atom is 0.338 e. The maximum absolute atomic E-state index is 13.7. The van der Waals surface area contributed by atoms with Gasteiger partial charge in [-0.1, -0.05) is 12.1 Å². The van der Waals surface area contributed by atoms with Crippen molar-refractivity contribution >= 4 is 11.8 Å². The minimum Gasteiger partial charge on any atom is -0.466 e. The van der Waals surface area contributed by atoms with Crippen LogP contribution in [0.15, 0.2) is 52.7 Å². The lowest BCUT2D eigenvalue weighted by Gasteiger charge is -2.37. The Bertz CT molecular complexity index is 1050. The number of aliphatic imine (C=N–C) groups is 1. The monoisotopic (exact) mass is 439 g/mol. The fraction of sp³-hybridized carbons (Fsp3) is 0.391. The molecule has 2 aromatic rings. The summed E-state index contributed by atoms with van der Waals surface area (Å²) in [6.45, 7) is 6.89. The van der Waals surface area contributed by atoms with Crippen LogP contribution >= 0.6 is 0 Å². The molecule has 1 atom stereocenters. The van der Waals surface area contributed by atoms with E-state index in [2.05, 4.69) is 20.4 Å². The Hall–Kier alpha value is -3.17. The van der Waals surface area contributed by atoms with Crippen LogP contribution in [0, 0.1) is 12.7 Å². The van der Waals surface area contributed by atoms with E-state index >= 15 is 0 Å². The highest BCUT2D eigenvalue weighted by Crippen LogP contribution is 2.38. The fourth-order valence-corrected chi connectivity index (χ4v) is 3.96. The number of esters is 1. The van der Waals surface area contributed by atoms with Crippen LogP contribution < -0.4 is 5.32 Å². The molecule has 0 amide bonds. The van der Waals surface area contributed by atoms with Gasteiger partial charge in [-0.25, -0.2) is 14.2 Å². The van der Waals surface area contributed by atoms with Gasteiger partial charge in [-0.05, 0) is 43.7 Å². The molecule has 0 spiro atoms. The molecule has 168 valence electrons. The first-order valence-corrected chi connectivity index (χ1v) is 10.5. The summed E-state index contributed by atoms with van der Waals surface area (Å²) >= 11 is 0. The molecule has 2 aliphatic heterocycles. The van der Waals surface area contributed by atoms with E-state index in [0.29, 0.717) is 48.1 Å². The number of hydrogen-bond acceptors (Lipinski definition) is 8. The highest BCUT2D eigenvalue weighted by Gasteiger charge is 2.42. The summed E-state index contributed by atoms with van der Waals surface area (Å²) in [5.41, 5.74) is 1.92. The first-order valence-electron chi connectivity index (χ1n) is 10.5. The number of benzene rings is 1. The third kappa shape index (κ3) is 4.39. The highest BCUT2D eigenvalue weighted by molar-refractivity contribution is 6.03. The molecule has 2 aliphatic rings. The van der Waals surface area contributed by atoms with Gasteiger partial charge in [0.2, 0.25) is 0 Å². The first-order chi connectivity index (χ1) is 15.4. The predicted octanol–water partition coefficient (Wildman–Crippen LogP) is 1.95. The Labute approximate surface area is 186 Å². The number of methoxy groups -OCH3 is 1. The topological polar surface area (TPSA) is 88.9 Å². The van der Waals surface area contributed by atoms with Crippen LogP contribution in [0.1, 0.15) is 23.9 Å². The molecule has 0 saturated carbocycles. The van der Waals surface area contributed by atoms with E-state index in [4.69, 9.17) is 14.5 Å². The van der Waals surface area contributed by atoms with E-state index in [9.17, 15) is 9.18 Å². The van der Waals surface area contributed by atoms with Crippen LogP contribution in [-0.2, 0) is 19.8 Å². The van der Waals surface area contributed by atoms with Gasteiger partial charge in [-0.2, -0.15) is 5.10 Å². The summed E-state index contributed by atoms with van der Waals surface area (Å²) in [5, 5.41) is 11.7. The number of morpholine rings is 1. The number of rotatable bonds is 5. The standard InChI is InChI=1S/C23H26FN5O3/c1-15-4-9-18(28-27-15)21-25-19(14-29-10-12-32-13-11-29)20(22(30)31-3)23(2,26-21)16-5-7-17(24)8-6-16/h4-9H,10-14H2,1-3H3,(H,25,26). The Morgan fingerprint density at radius 2 is 1.91 bits per heavy atom. The minimum atomic E-state index is -1.12. The molecule has 1 fully saturated rings. The van der Waals surface area contributed by atoms with E-state index in [-0.39, 0.29) is 5.82 Å². The number of carbonyl (C=O) groups is 1. The van der Waals surface area contributed by atoms with Crippen LogP contribution in [0.5, 0.6) is 0 Å². The number of carbonyl (C=O) groups excluding carboxylic acids is 1. The van der Waals surface area contributed by atoms with Crippen molar-refractivity contribution in [1.29, 1.82) is 0 Å². The first kappa shape index (κ1) is 22.0. The number of nitrogens with one attached hydrogen (secondary N) is 1. The van der Waals surface area contributed by atoms with E-state index in [1.165, 1.54) is 19.2 Å². The van der Waals surface area contributed by atoms with E-state index in [1.807, 2.05) is 26.0 Å². The van der Waals surface area contributed by atoms with Crippen molar-refractivity contribution in [1.82, 2.24) is 20.4 Å². The minimum absolute atomic E-state index is 0.364. The lowest BCUT2D eigenvalue weighted by molar-refractivity contribution is -0.137. The van der Waals surface area contributed by atoms with Crippen molar-refractivity contribution in [2.45, 2.75) is 19.4 Å². The molecule has 32 heavy (non-hydrogen) atoms. The van der Waals surface area contributed by atoms with Gasteiger partial charge in [0.1, 0.15) is 17.1 Å². The van der Waals surface area contributed by atoms with Crippen molar-refractivity contribution in [2.24, 2.45) is 4.99 Å². The Morgan fingerprint density at radius 1 is 1.19 bits per heavy atom. The molecule has 4 rings (SSSR count). The molecular weight excluding hydrogens is 413 g/mol. The van der Waals surface area contributed by atoms with Crippen molar-refractivity contribution in [3.8, 4) is 0 Å². The number of amidine groups is 1. The number of aromatic nitrogens is 2. The number of aryl methyl sites for hydroxylation is 1. The van der Waals surface area contributed by atoms with Crippen LogP contribution in [0.3, 0.4) is 0 Å². The van der Waals surface area contributed by atoms with Gasteiger partial charge in [0.15, 0.2) is 5.84 Å². The largest absolute Gasteiger partial charge is 0.466 e. The third-order valence-corrected chi connectivity index (χ3v) is 5.72. The highest BCUT2D eigenvalue weighted by atomic mass is 19.1. The van der Waals surface area contributed by atoms with Crippen molar-refractivity contribution in [2.75, 3.05) is 40.0 Å². The summed E-state index contributed by atoms with van der Waals surface area (Å²) in [6, 6.07) is 9.67. The Balaban J connectivity index is 1.85. The zero-order valence-corrected chi connectivity index (χ0v) is 18.4. The van der Waals surface area contributed by atoms with Gasteiger partial charge in [0, 0.05) is 25.3 Å². The van der Waals surface area contributed by atoms with E-state index in [1.54, 1.807) is 12.1 Å².